The van der Waals surface area contributed by atoms with Crippen LogP contribution in [-0.2, 0) is 6.18 Å². The van der Waals surface area contributed by atoms with Gasteiger partial charge in [0.15, 0.2) is 5.69 Å². The monoisotopic (exact) mass is 457 g/mol. The minimum absolute atomic E-state index is 0.180. The molecule has 0 unspecified atom stereocenters. The van der Waals surface area contributed by atoms with Crippen molar-refractivity contribution in [1.29, 1.82) is 0 Å². The number of halogens is 3. The number of carbonyl (C=O) groups excluding carboxylic acids is 2. The molecule has 10 heteroatoms. The first-order chi connectivity index (χ1) is 15.6. The van der Waals surface area contributed by atoms with E-state index in [4.69, 9.17) is 0 Å². The first-order valence-corrected chi connectivity index (χ1v) is 10.4. The molecule has 172 valence electrons. The van der Waals surface area contributed by atoms with Gasteiger partial charge >= 0.3 is 6.18 Å². The molecule has 1 aliphatic heterocycles. The fraction of sp³-hybridized carbons (Fsp3) is 0.304. The van der Waals surface area contributed by atoms with Gasteiger partial charge in [0.2, 0.25) is 0 Å². The third-order valence-electron chi connectivity index (χ3n) is 5.69. The van der Waals surface area contributed by atoms with Crippen LogP contribution < -0.4 is 0 Å². The molecule has 1 fully saturated rings. The number of alkyl halides is 3. The number of hydrogen-bond donors (Lipinski definition) is 0. The molecular formula is C23H22F3N5O2. The molecular weight excluding hydrogens is 435 g/mol. The third kappa shape index (κ3) is 4.59. The summed E-state index contributed by atoms with van der Waals surface area (Å²) >= 11 is 0. The summed E-state index contributed by atoms with van der Waals surface area (Å²) in [6.07, 6.45) is -4.45. The number of aryl methyl sites for hydroxylation is 1. The van der Waals surface area contributed by atoms with Crippen molar-refractivity contribution >= 4 is 11.8 Å². The minimum Gasteiger partial charge on any atom is -0.335 e. The fourth-order valence-corrected chi connectivity index (χ4v) is 3.70. The van der Waals surface area contributed by atoms with Gasteiger partial charge in [0.25, 0.3) is 11.8 Å². The van der Waals surface area contributed by atoms with E-state index in [0.717, 1.165) is 23.4 Å². The second-order valence-electron chi connectivity index (χ2n) is 7.93. The molecule has 0 spiro atoms. The van der Waals surface area contributed by atoms with Crippen molar-refractivity contribution in [1.82, 2.24) is 24.8 Å². The summed E-state index contributed by atoms with van der Waals surface area (Å²) in [5.74, 6) is -0.634. The lowest BCUT2D eigenvalue weighted by Gasteiger charge is -2.34. The molecule has 0 atom stereocenters. The average Bonchev–Trinajstić information content (AvgIpc) is 3.19. The van der Waals surface area contributed by atoms with Crippen LogP contribution in [-0.4, -0.2) is 62.8 Å². The van der Waals surface area contributed by atoms with E-state index in [2.05, 4.69) is 10.3 Å². The van der Waals surface area contributed by atoms with E-state index in [1.165, 1.54) is 17.0 Å². The van der Waals surface area contributed by atoms with Crippen molar-refractivity contribution in [3.8, 4) is 5.69 Å². The molecule has 3 aromatic rings. The van der Waals surface area contributed by atoms with Crippen LogP contribution in [0.1, 0.15) is 37.7 Å². The van der Waals surface area contributed by atoms with E-state index in [1.807, 2.05) is 31.2 Å². The van der Waals surface area contributed by atoms with Gasteiger partial charge in [-0.15, -0.1) is 5.10 Å². The van der Waals surface area contributed by atoms with E-state index in [1.54, 1.807) is 16.5 Å². The number of rotatable bonds is 3. The highest BCUT2D eigenvalue weighted by molar-refractivity contribution is 5.95. The van der Waals surface area contributed by atoms with Gasteiger partial charge in [0, 0.05) is 31.7 Å². The first-order valence-electron chi connectivity index (χ1n) is 10.4. The predicted octanol–water partition coefficient (Wildman–Crippen LogP) is 3.50. The Morgan fingerprint density at radius 1 is 0.818 bits per heavy atom. The average molecular weight is 457 g/mol. The third-order valence-corrected chi connectivity index (χ3v) is 5.69. The van der Waals surface area contributed by atoms with Crippen LogP contribution in [0.15, 0.2) is 48.5 Å². The zero-order chi connectivity index (χ0) is 23.8. The molecule has 2 aromatic carbocycles. The number of piperazine rings is 1. The normalized spacial score (nSPS) is 14.5. The summed E-state index contributed by atoms with van der Waals surface area (Å²) in [6, 6.07) is 11.8. The Morgan fingerprint density at radius 3 is 1.91 bits per heavy atom. The molecule has 7 nitrogen and oxygen atoms in total. The van der Waals surface area contributed by atoms with Crippen molar-refractivity contribution in [2.75, 3.05) is 26.2 Å². The molecule has 1 aromatic heterocycles. The maximum Gasteiger partial charge on any atom is 0.416 e. The Balaban J connectivity index is 1.40. The predicted molar refractivity (Wildman–Crippen MR) is 114 cm³/mol. The molecule has 33 heavy (non-hydrogen) atoms. The second kappa shape index (κ2) is 8.68. The number of carbonyl (C=O) groups is 2. The van der Waals surface area contributed by atoms with Gasteiger partial charge in [0.1, 0.15) is 0 Å². The largest absolute Gasteiger partial charge is 0.416 e. The second-order valence-corrected chi connectivity index (χ2v) is 7.93. The van der Waals surface area contributed by atoms with E-state index < -0.39 is 11.7 Å². The fourth-order valence-electron chi connectivity index (χ4n) is 3.70. The molecule has 4 rings (SSSR count). The number of aromatic nitrogens is 3. The summed E-state index contributed by atoms with van der Waals surface area (Å²) in [7, 11) is 0. The topological polar surface area (TPSA) is 71.3 Å². The van der Waals surface area contributed by atoms with Gasteiger partial charge in [-0.1, -0.05) is 22.9 Å². The highest BCUT2D eigenvalue weighted by Crippen LogP contribution is 2.29. The Kier molecular flexibility index (Phi) is 5.92. The minimum atomic E-state index is -4.45. The Labute approximate surface area is 188 Å². The van der Waals surface area contributed by atoms with Gasteiger partial charge in [-0.3, -0.25) is 9.59 Å². The van der Waals surface area contributed by atoms with Crippen LogP contribution >= 0.6 is 0 Å². The van der Waals surface area contributed by atoms with Crippen molar-refractivity contribution in [2.24, 2.45) is 0 Å². The highest BCUT2D eigenvalue weighted by atomic mass is 19.4. The van der Waals surface area contributed by atoms with Crippen LogP contribution in [0.3, 0.4) is 0 Å². The van der Waals surface area contributed by atoms with Crippen molar-refractivity contribution in [3.63, 3.8) is 0 Å². The zero-order valence-electron chi connectivity index (χ0n) is 18.1. The van der Waals surface area contributed by atoms with Crippen molar-refractivity contribution < 1.29 is 22.8 Å². The SMILES string of the molecule is Cc1ccc(-n2nnc(C(=O)N3CCN(C(=O)c4ccc(C(F)(F)F)cc4)CC3)c2C)cc1. The van der Waals surface area contributed by atoms with Gasteiger partial charge < -0.3 is 9.80 Å². The maximum absolute atomic E-state index is 13.0. The van der Waals surface area contributed by atoms with Gasteiger partial charge in [-0.05, 0) is 50.2 Å². The molecule has 0 bridgehead atoms. The van der Waals surface area contributed by atoms with Crippen molar-refractivity contribution in [3.05, 3.63) is 76.6 Å². The summed E-state index contributed by atoms with van der Waals surface area (Å²) in [5, 5.41) is 8.18. The van der Waals surface area contributed by atoms with Crippen LogP contribution in [0.4, 0.5) is 13.2 Å². The van der Waals surface area contributed by atoms with E-state index in [9.17, 15) is 22.8 Å². The zero-order valence-corrected chi connectivity index (χ0v) is 18.1. The van der Waals surface area contributed by atoms with E-state index in [0.29, 0.717) is 18.8 Å². The highest BCUT2D eigenvalue weighted by Gasteiger charge is 2.31. The van der Waals surface area contributed by atoms with Gasteiger partial charge in [-0.25, -0.2) is 4.68 Å². The smallest absolute Gasteiger partial charge is 0.335 e. The number of nitrogens with zero attached hydrogens (tertiary/aromatic N) is 5. The van der Waals surface area contributed by atoms with Crippen LogP contribution in [0.25, 0.3) is 5.69 Å². The lowest BCUT2D eigenvalue weighted by Crippen LogP contribution is -2.50. The molecule has 0 N–H and O–H groups in total. The molecule has 0 radical (unpaired) electrons. The Bertz CT molecular complexity index is 1160. The van der Waals surface area contributed by atoms with E-state index >= 15 is 0 Å². The summed E-state index contributed by atoms with van der Waals surface area (Å²) in [6.45, 7) is 4.89. The number of benzene rings is 2. The summed E-state index contributed by atoms with van der Waals surface area (Å²) < 4.78 is 39.8. The molecule has 1 saturated heterocycles. The quantitative estimate of drug-likeness (QED) is 0.604. The number of amides is 2. The number of hydrogen-bond acceptors (Lipinski definition) is 4. The molecule has 2 amide bonds. The first kappa shape index (κ1) is 22.5. The summed E-state index contributed by atoms with van der Waals surface area (Å²) in [4.78, 5) is 28.8. The lowest BCUT2D eigenvalue weighted by atomic mass is 10.1. The van der Waals surface area contributed by atoms with E-state index in [-0.39, 0.29) is 36.2 Å². The van der Waals surface area contributed by atoms with Crippen molar-refractivity contribution in [2.45, 2.75) is 20.0 Å². The molecule has 0 saturated carbocycles. The maximum atomic E-state index is 13.0. The van der Waals surface area contributed by atoms with Crippen LogP contribution in [0.2, 0.25) is 0 Å². The molecule has 0 aliphatic carbocycles. The van der Waals surface area contributed by atoms with Crippen LogP contribution in [0.5, 0.6) is 0 Å². The Morgan fingerprint density at radius 2 is 1.36 bits per heavy atom. The Hall–Kier alpha value is -3.69. The summed E-state index contributed by atoms with van der Waals surface area (Å²) in [5.41, 5.74) is 2.15. The van der Waals surface area contributed by atoms with Crippen LogP contribution in [0, 0.1) is 13.8 Å². The molecule has 2 heterocycles. The standard InChI is InChI=1S/C23H22F3N5O2/c1-15-3-9-19(10-4-15)31-16(2)20(27-28-31)22(33)30-13-11-29(12-14-30)21(32)17-5-7-18(8-6-17)23(24,25)26/h3-10H,11-14H2,1-2H3. The van der Waals surface area contributed by atoms with Gasteiger partial charge in [-0.2, -0.15) is 13.2 Å². The van der Waals surface area contributed by atoms with Gasteiger partial charge in [0.05, 0.1) is 16.9 Å². The lowest BCUT2D eigenvalue weighted by molar-refractivity contribution is -0.137. The molecule has 1 aliphatic rings.